The topological polar surface area (TPSA) is 76.5 Å². The van der Waals surface area contributed by atoms with Gasteiger partial charge in [-0.05, 0) is 43.3 Å². The zero-order valence-corrected chi connectivity index (χ0v) is 18.8. The van der Waals surface area contributed by atoms with Crippen molar-refractivity contribution in [2.45, 2.75) is 23.9 Å². The number of allylic oxidation sites excluding steroid dienone is 1. The number of hydrogen-bond acceptors (Lipinski definition) is 6. The van der Waals surface area contributed by atoms with Gasteiger partial charge in [0.15, 0.2) is 5.16 Å². The van der Waals surface area contributed by atoms with Gasteiger partial charge < -0.3 is 15.0 Å². The van der Waals surface area contributed by atoms with Gasteiger partial charge in [0.1, 0.15) is 0 Å². The van der Waals surface area contributed by atoms with E-state index in [0.29, 0.717) is 22.6 Å². The number of carbonyl (C=O) groups excluding carboxylic acids is 1. The molecule has 166 valence electrons. The lowest BCUT2D eigenvalue weighted by Crippen LogP contribution is -2.36. The van der Waals surface area contributed by atoms with Crippen molar-refractivity contribution in [1.82, 2.24) is 9.55 Å². The second kappa shape index (κ2) is 10.0. The number of benzene rings is 2. The van der Waals surface area contributed by atoms with Crippen molar-refractivity contribution >= 4 is 39.9 Å². The van der Waals surface area contributed by atoms with Crippen LogP contribution in [0.1, 0.15) is 6.92 Å². The van der Waals surface area contributed by atoms with Gasteiger partial charge in [-0.1, -0.05) is 30.0 Å². The summed E-state index contributed by atoms with van der Waals surface area (Å²) in [7, 11) is 0. The first-order valence-electron chi connectivity index (χ1n) is 10.6. The number of morpholine rings is 1. The summed E-state index contributed by atoms with van der Waals surface area (Å²) < 4.78 is 6.95. The molecule has 1 unspecified atom stereocenters. The van der Waals surface area contributed by atoms with Gasteiger partial charge in [0, 0.05) is 31.0 Å². The maximum atomic E-state index is 12.9. The molecular weight excluding hydrogens is 424 g/mol. The van der Waals surface area contributed by atoms with Crippen molar-refractivity contribution in [3.63, 3.8) is 0 Å². The average molecular weight is 451 g/mol. The Bertz CT molecular complexity index is 1170. The Morgan fingerprint density at radius 3 is 2.66 bits per heavy atom. The molecule has 1 aliphatic heterocycles. The molecule has 1 aromatic heterocycles. The number of amides is 1. The Labute approximate surface area is 191 Å². The van der Waals surface area contributed by atoms with Crippen LogP contribution in [0.5, 0.6) is 0 Å². The molecule has 1 amide bonds. The molecule has 2 heterocycles. The molecule has 0 aliphatic carbocycles. The molecule has 1 aliphatic rings. The molecule has 4 rings (SSSR count). The van der Waals surface area contributed by atoms with Crippen molar-refractivity contribution in [1.29, 1.82) is 0 Å². The zero-order chi connectivity index (χ0) is 22.5. The van der Waals surface area contributed by atoms with E-state index >= 15 is 0 Å². The minimum Gasteiger partial charge on any atom is -0.378 e. The van der Waals surface area contributed by atoms with Crippen LogP contribution >= 0.6 is 11.8 Å². The van der Waals surface area contributed by atoms with Gasteiger partial charge in [-0.3, -0.25) is 14.2 Å². The fraction of sp³-hybridized carbons (Fsp3) is 0.292. The predicted molar refractivity (Wildman–Crippen MR) is 130 cm³/mol. The first-order valence-corrected chi connectivity index (χ1v) is 11.5. The summed E-state index contributed by atoms with van der Waals surface area (Å²) in [4.78, 5) is 32.6. The summed E-state index contributed by atoms with van der Waals surface area (Å²) in [5.41, 5.74) is 2.33. The third-order valence-electron chi connectivity index (χ3n) is 5.30. The maximum Gasteiger partial charge on any atom is 0.262 e. The molecule has 0 bridgehead atoms. The first kappa shape index (κ1) is 22.1. The number of nitrogens with zero attached hydrogens (tertiary/aromatic N) is 3. The van der Waals surface area contributed by atoms with E-state index in [4.69, 9.17) is 4.74 Å². The van der Waals surface area contributed by atoms with E-state index in [1.54, 1.807) is 22.8 Å². The number of fused-ring (bicyclic) bond motifs is 1. The number of aromatic nitrogens is 2. The number of nitrogens with one attached hydrogen (secondary N) is 1. The van der Waals surface area contributed by atoms with Gasteiger partial charge >= 0.3 is 0 Å². The molecular formula is C24H26N4O3S. The minimum absolute atomic E-state index is 0.135. The Morgan fingerprint density at radius 1 is 1.22 bits per heavy atom. The van der Waals surface area contributed by atoms with Crippen LogP contribution in [0, 0.1) is 0 Å². The molecule has 2 aromatic carbocycles. The quantitative estimate of drug-likeness (QED) is 0.337. The number of rotatable bonds is 7. The molecule has 32 heavy (non-hydrogen) atoms. The summed E-state index contributed by atoms with van der Waals surface area (Å²) >= 11 is 1.26. The van der Waals surface area contributed by atoms with Crippen molar-refractivity contribution in [2.75, 3.05) is 36.5 Å². The molecule has 0 radical (unpaired) electrons. The summed E-state index contributed by atoms with van der Waals surface area (Å²) in [5, 5.41) is 3.56. The van der Waals surface area contributed by atoms with Crippen LogP contribution in [-0.4, -0.2) is 47.0 Å². The highest BCUT2D eigenvalue weighted by Crippen LogP contribution is 2.24. The van der Waals surface area contributed by atoms with Gasteiger partial charge in [0.25, 0.3) is 5.56 Å². The molecule has 1 atom stereocenters. The van der Waals surface area contributed by atoms with Crippen LogP contribution < -0.4 is 15.8 Å². The first-order chi connectivity index (χ1) is 15.6. The van der Waals surface area contributed by atoms with E-state index in [0.717, 1.165) is 37.7 Å². The van der Waals surface area contributed by atoms with E-state index < -0.39 is 5.25 Å². The van der Waals surface area contributed by atoms with Crippen LogP contribution in [0.3, 0.4) is 0 Å². The normalized spacial score (nSPS) is 14.8. The van der Waals surface area contributed by atoms with E-state index in [1.807, 2.05) is 43.3 Å². The van der Waals surface area contributed by atoms with Gasteiger partial charge in [-0.2, -0.15) is 0 Å². The van der Waals surface area contributed by atoms with Crippen LogP contribution in [0.4, 0.5) is 11.4 Å². The van der Waals surface area contributed by atoms with Gasteiger partial charge in [0.2, 0.25) is 5.91 Å². The lowest BCUT2D eigenvalue weighted by molar-refractivity contribution is -0.115. The lowest BCUT2D eigenvalue weighted by atomic mass is 10.2. The molecule has 0 spiro atoms. The SMILES string of the molecule is C=CCn1c(SC(C)C(=O)Nc2ccc(N3CCOCC3)cc2)nc2ccccc2c1=O. The Hall–Kier alpha value is -3.10. The number of para-hydroxylation sites is 1. The fourth-order valence-electron chi connectivity index (χ4n) is 3.56. The highest BCUT2D eigenvalue weighted by Gasteiger charge is 2.19. The highest BCUT2D eigenvalue weighted by atomic mass is 32.2. The summed E-state index contributed by atoms with van der Waals surface area (Å²) in [5.74, 6) is -0.151. The van der Waals surface area contributed by atoms with E-state index in [1.165, 1.54) is 11.8 Å². The second-order valence-electron chi connectivity index (χ2n) is 7.51. The van der Waals surface area contributed by atoms with Crippen LogP contribution in [0.15, 0.2) is 71.1 Å². The van der Waals surface area contributed by atoms with Crippen molar-refractivity contribution < 1.29 is 9.53 Å². The number of hydrogen-bond donors (Lipinski definition) is 1. The highest BCUT2D eigenvalue weighted by molar-refractivity contribution is 8.00. The van der Waals surface area contributed by atoms with Gasteiger partial charge in [0.05, 0.1) is 29.4 Å². The molecule has 1 saturated heterocycles. The molecule has 8 heteroatoms. The Balaban J connectivity index is 1.47. The Morgan fingerprint density at radius 2 is 1.94 bits per heavy atom. The largest absolute Gasteiger partial charge is 0.378 e. The second-order valence-corrected chi connectivity index (χ2v) is 8.82. The number of ether oxygens (including phenoxy) is 1. The van der Waals surface area contributed by atoms with Crippen molar-refractivity contribution in [2.24, 2.45) is 0 Å². The Kier molecular flexibility index (Phi) is 6.92. The summed E-state index contributed by atoms with van der Waals surface area (Å²) in [6.07, 6.45) is 1.66. The van der Waals surface area contributed by atoms with Crippen LogP contribution in [0.25, 0.3) is 10.9 Å². The molecule has 0 saturated carbocycles. The number of carbonyl (C=O) groups is 1. The predicted octanol–water partition coefficient (Wildman–Crippen LogP) is 3.54. The monoisotopic (exact) mass is 450 g/mol. The smallest absolute Gasteiger partial charge is 0.262 e. The maximum absolute atomic E-state index is 12.9. The van der Waals surface area contributed by atoms with Crippen LogP contribution in [-0.2, 0) is 16.1 Å². The third kappa shape index (κ3) is 4.87. The molecule has 1 fully saturated rings. The zero-order valence-electron chi connectivity index (χ0n) is 18.0. The summed E-state index contributed by atoms with van der Waals surface area (Å²) in [6.45, 7) is 9.07. The van der Waals surface area contributed by atoms with E-state index in [-0.39, 0.29) is 11.5 Å². The number of anilines is 2. The van der Waals surface area contributed by atoms with E-state index in [2.05, 4.69) is 21.8 Å². The van der Waals surface area contributed by atoms with E-state index in [9.17, 15) is 9.59 Å². The fourth-order valence-corrected chi connectivity index (χ4v) is 4.48. The molecule has 1 N–H and O–H groups in total. The van der Waals surface area contributed by atoms with Crippen molar-refractivity contribution in [3.05, 3.63) is 71.5 Å². The molecule has 3 aromatic rings. The van der Waals surface area contributed by atoms with Gasteiger partial charge in [-0.15, -0.1) is 6.58 Å². The van der Waals surface area contributed by atoms with Crippen LogP contribution in [0.2, 0.25) is 0 Å². The number of thioether (sulfide) groups is 1. The van der Waals surface area contributed by atoms with Gasteiger partial charge in [-0.25, -0.2) is 4.98 Å². The standard InChI is InChI=1S/C24H26N4O3S/c1-3-12-28-23(30)20-6-4-5-7-21(20)26-24(28)32-17(2)22(29)25-18-8-10-19(11-9-18)27-13-15-31-16-14-27/h3-11,17H,1,12-16H2,2H3,(H,25,29). The molecule has 7 nitrogen and oxygen atoms in total. The average Bonchev–Trinajstić information content (AvgIpc) is 2.82. The summed E-state index contributed by atoms with van der Waals surface area (Å²) in [6, 6.07) is 15.0. The minimum atomic E-state index is -0.446. The lowest BCUT2D eigenvalue weighted by Gasteiger charge is -2.28. The van der Waals surface area contributed by atoms with Crippen molar-refractivity contribution in [3.8, 4) is 0 Å². The third-order valence-corrected chi connectivity index (χ3v) is 6.39.